The van der Waals surface area contributed by atoms with E-state index in [9.17, 15) is 0 Å². The van der Waals surface area contributed by atoms with Gasteiger partial charge in [0.25, 0.3) is 0 Å². The third-order valence-electron chi connectivity index (χ3n) is 5.48. The SMILES string of the molecule is COc1ccc2cc(CN3CCN([C@@H]4CCNC4)CC3)ccc2c1. The Morgan fingerprint density at radius 3 is 2.58 bits per heavy atom. The molecule has 128 valence electrons. The molecule has 2 aromatic rings. The van der Waals surface area contributed by atoms with Crippen molar-refractivity contribution in [2.75, 3.05) is 46.4 Å². The van der Waals surface area contributed by atoms with Crippen LogP contribution in [-0.2, 0) is 6.54 Å². The second kappa shape index (κ2) is 7.09. The van der Waals surface area contributed by atoms with Crippen LogP contribution in [0.5, 0.6) is 5.75 Å². The van der Waals surface area contributed by atoms with Crippen molar-refractivity contribution >= 4 is 10.8 Å². The van der Waals surface area contributed by atoms with Crippen molar-refractivity contribution in [1.29, 1.82) is 0 Å². The molecule has 0 bridgehead atoms. The average molecular weight is 325 g/mol. The molecule has 0 radical (unpaired) electrons. The van der Waals surface area contributed by atoms with Crippen molar-refractivity contribution in [3.05, 3.63) is 42.0 Å². The van der Waals surface area contributed by atoms with Gasteiger partial charge in [-0.25, -0.2) is 0 Å². The van der Waals surface area contributed by atoms with Crippen LogP contribution >= 0.6 is 0 Å². The first kappa shape index (κ1) is 15.9. The number of nitrogens with one attached hydrogen (secondary N) is 1. The quantitative estimate of drug-likeness (QED) is 0.934. The van der Waals surface area contributed by atoms with E-state index in [1.54, 1.807) is 7.11 Å². The van der Waals surface area contributed by atoms with Gasteiger partial charge in [0, 0.05) is 45.3 Å². The maximum absolute atomic E-state index is 5.31. The Bertz CT molecular complexity index is 688. The van der Waals surface area contributed by atoms with Crippen LogP contribution in [0.1, 0.15) is 12.0 Å². The summed E-state index contributed by atoms with van der Waals surface area (Å²) in [5.41, 5.74) is 1.41. The zero-order valence-corrected chi connectivity index (χ0v) is 14.5. The molecule has 24 heavy (non-hydrogen) atoms. The zero-order valence-electron chi connectivity index (χ0n) is 14.5. The Kier molecular flexibility index (Phi) is 4.69. The highest BCUT2D eigenvalue weighted by molar-refractivity contribution is 5.84. The van der Waals surface area contributed by atoms with Crippen molar-refractivity contribution in [3.8, 4) is 5.75 Å². The number of ether oxygens (including phenoxy) is 1. The van der Waals surface area contributed by atoms with E-state index in [4.69, 9.17) is 4.74 Å². The van der Waals surface area contributed by atoms with Gasteiger partial charge in [-0.15, -0.1) is 0 Å². The van der Waals surface area contributed by atoms with E-state index in [2.05, 4.69) is 45.4 Å². The molecule has 2 aliphatic heterocycles. The second-order valence-corrected chi connectivity index (χ2v) is 7.01. The average Bonchev–Trinajstić information content (AvgIpc) is 3.16. The third-order valence-corrected chi connectivity index (χ3v) is 5.48. The fourth-order valence-electron chi connectivity index (χ4n) is 3.99. The van der Waals surface area contributed by atoms with Crippen LogP contribution in [0.3, 0.4) is 0 Å². The van der Waals surface area contributed by atoms with E-state index in [1.165, 1.54) is 62.0 Å². The minimum absolute atomic E-state index is 0.766. The van der Waals surface area contributed by atoms with Crippen LogP contribution in [0.15, 0.2) is 36.4 Å². The summed E-state index contributed by atoms with van der Waals surface area (Å²) in [7, 11) is 1.72. The molecule has 1 atom stereocenters. The van der Waals surface area contributed by atoms with Crippen molar-refractivity contribution in [2.45, 2.75) is 19.0 Å². The number of rotatable bonds is 4. The molecule has 2 aromatic carbocycles. The fraction of sp³-hybridized carbons (Fsp3) is 0.500. The second-order valence-electron chi connectivity index (χ2n) is 7.01. The van der Waals surface area contributed by atoms with Gasteiger partial charge < -0.3 is 10.1 Å². The normalized spacial score (nSPS) is 23.0. The molecular formula is C20H27N3O. The molecule has 0 saturated carbocycles. The van der Waals surface area contributed by atoms with Crippen LogP contribution in [0.25, 0.3) is 10.8 Å². The molecule has 2 heterocycles. The summed E-state index contributed by atoms with van der Waals surface area (Å²) >= 11 is 0. The molecule has 0 aromatic heterocycles. The molecule has 2 fully saturated rings. The van der Waals surface area contributed by atoms with Crippen molar-refractivity contribution in [1.82, 2.24) is 15.1 Å². The van der Waals surface area contributed by atoms with Crippen molar-refractivity contribution in [2.24, 2.45) is 0 Å². The van der Waals surface area contributed by atoms with Gasteiger partial charge in [-0.3, -0.25) is 9.80 Å². The smallest absolute Gasteiger partial charge is 0.119 e. The summed E-state index contributed by atoms with van der Waals surface area (Å²) in [4.78, 5) is 5.26. The molecule has 4 rings (SSSR count). The molecule has 0 unspecified atom stereocenters. The molecule has 1 N–H and O–H groups in total. The highest BCUT2D eigenvalue weighted by atomic mass is 16.5. The number of benzene rings is 2. The van der Waals surface area contributed by atoms with Gasteiger partial charge in [0.15, 0.2) is 0 Å². The Morgan fingerprint density at radius 2 is 1.83 bits per heavy atom. The summed E-state index contributed by atoms with van der Waals surface area (Å²) in [5.74, 6) is 0.924. The topological polar surface area (TPSA) is 27.7 Å². The minimum atomic E-state index is 0.766. The van der Waals surface area contributed by atoms with E-state index < -0.39 is 0 Å². The van der Waals surface area contributed by atoms with Crippen LogP contribution < -0.4 is 10.1 Å². The first-order valence-electron chi connectivity index (χ1n) is 9.05. The largest absolute Gasteiger partial charge is 0.497 e. The standard InChI is InChI=1S/C20H27N3O/c1-24-20-5-4-17-12-16(2-3-18(17)13-20)15-22-8-10-23(11-9-22)19-6-7-21-14-19/h2-5,12-13,19,21H,6-11,14-15H2,1H3/t19-/m1/s1. The maximum atomic E-state index is 5.31. The molecule has 2 saturated heterocycles. The van der Waals surface area contributed by atoms with Gasteiger partial charge in [-0.1, -0.05) is 18.2 Å². The summed E-state index contributed by atoms with van der Waals surface area (Å²) in [6.07, 6.45) is 1.31. The molecule has 0 spiro atoms. The molecule has 2 aliphatic rings. The van der Waals surface area contributed by atoms with Gasteiger partial charge in [0.05, 0.1) is 7.11 Å². The summed E-state index contributed by atoms with van der Waals surface area (Å²) in [5, 5.41) is 6.02. The van der Waals surface area contributed by atoms with Gasteiger partial charge in [-0.05, 0) is 47.5 Å². The van der Waals surface area contributed by atoms with Gasteiger partial charge >= 0.3 is 0 Å². The first-order valence-corrected chi connectivity index (χ1v) is 9.05. The summed E-state index contributed by atoms with van der Waals surface area (Å²) < 4.78 is 5.31. The summed E-state index contributed by atoms with van der Waals surface area (Å²) in [6, 6.07) is 13.9. The van der Waals surface area contributed by atoms with Gasteiger partial charge in [-0.2, -0.15) is 0 Å². The van der Waals surface area contributed by atoms with E-state index in [0.29, 0.717) is 0 Å². The number of nitrogens with zero attached hydrogens (tertiary/aromatic N) is 2. The van der Waals surface area contributed by atoms with Gasteiger partial charge in [0.1, 0.15) is 5.75 Å². The van der Waals surface area contributed by atoms with Crippen LogP contribution in [0.4, 0.5) is 0 Å². The Hall–Kier alpha value is -1.62. The number of hydrogen-bond acceptors (Lipinski definition) is 4. The van der Waals surface area contributed by atoms with Crippen molar-refractivity contribution in [3.63, 3.8) is 0 Å². The lowest BCUT2D eigenvalue weighted by Gasteiger charge is -2.37. The molecular weight excluding hydrogens is 298 g/mol. The van der Waals surface area contributed by atoms with Crippen LogP contribution in [-0.4, -0.2) is 62.2 Å². The third kappa shape index (κ3) is 3.41. The van der Waals surface area contributed by atoms with Crippen LogP contribution in [0, 0.1) is 0 Å². The Balaban J connectivity index is 1.38. The van der Waals surface area contributed by atoms with Crippen LogP contribution in [0.2, 0.25) is 0 Å². The predicted molar refractivity (Wildman–Crippen MR) is 98.6 cm³/mol. The van der Waals surface area contributed by atoms with E-state index >= 15 is 0 Å². The van der Waals surface area contributed by atoms with E-state index in [0.717, 1.165) is 18.3 Å². The fourth-order valence-corrected chi connectivity index (χ4v) is 3.99. The van der Waals surface area contributed by atoms with E-state index in [1.807, 2.05) is 6.07 Å². The number of hydrogen-bond donors (Lipinski definition) is 1. The minimum Gasteiger partial charge on any atom is -0.497 e. The summed E-state index contributed by atoms with van der Waals surface area (Å²) in [6.45, 7) is 8.18. The molecule has 4 nitrogen and oxygen atoms in total. The number of methoxy groups -OCH3 is 1. The lowest BCUT2D eigenvalue weighted by molar-refractivity contribution is 0.0981. The Labute approximate surface area is 144 Å². The van der Waals surface area contributed by atoms with Gasteiger partial charge in [0.2, 0.25) is 0 Å². The number of fused-ring (bicyclic) bond motifs is 1. The highest BCUT2D eigenvalue weighted by Gasteiger charge is 2.25. The predicted octanol–water partition coefficient (Wildman–Crippen LogP) is 2.33. The zero-order chi connectivity index (χ0) is 16.4. The first-order chi connectivity index (χ1) is 11.8. The Morgan fingerprint density at radius 1 is 1.04 bits per heavy atom. The molecule has 4 heteroatoms. The lowest BCUT2D eigenvalue weighted by atomic mass is 10.1. The molecule has 0 aliphatic carbocycles. The number of piperazine rings is 1. The van der Waals surface area contributed by atoms with E-state index in [-0.39, 0.29) is 0 Å². The molecule has 0 amide bonds. The highest BCUT2D eigenvalue weighted by Crippen LogP contribution is 2.23. The monoisotopic (exact) mass is 325 g/mol. The maximum Gasteiger partial charge on any atom is 0.119 e. The van der Waals surface area contributed by atoms with Crippen molar-refractivity contribution < 1.29 is 4.74 Å². The lowest BCUT2D eigenvalue weighted by Crippen LogP contribution is -2.50.